The van der Waals surface area contributed by atoms with Crippen molar-refractivity contribution in [3.63, 3.8) is 0 Å². The maximum atomic E-state index is 12.2. The van der Waals surface area contributed by atoms with Gasteiger partial charge in [0.05, 0.1) is 12.5 Å². The third-order valence-electron chi connectivity index (χ3n) is 3.77. The Hall–Kier alpha value is -1.59. The summed E-state index contributed by atoms with van der Waals surface area (Å²) in [5, 5.41) is 10.5. The standard InChI is InChI=1S/C11H16N2O4/c1-12-10(17)13(7-8(14)15)9(16)11(12)5-3-2-4-6-11/h2-7H2,1H3,(H,14,15)/p-1. The van der Waals surface area contributed by atoms with Gasteiger partial charge in [0.2, 0.25) is 0 Å². The second kappa shape index (κ2) is 4.01. The highest BCUT2D eigenvalue weighted by molar-refractivity contribution is 6.08. The van der Waals surface area contributed by atoms with Gasteiger partial charge < -0.3 is 14.8 Å². The third kappa shape index (κ3) is 1.67. The Morgan fingerprint density at radius 1 is 1.29 bits per heavy atom. The lowest BCUT2D eigenvalue weighted by molar-refractivity contribution is -0.305. The molecule has 2 aliphatic rings. The summed E-state index contributed by atoms with van der Waals surface area (Å²) < 4.78 is 0. The number of nitrogens with zero attached hydrogens (tertiary/aromatic N) is 2. The van der Waals surface area contributed by atoms with Gasteiger partial charge in [0.25, 0.3) is 5.91 Å². The fourth-order valence-corrected chi connectivity index (χ4v) is 2.80. The minimum absolute atomic E-state index is 0.381. The number of carbonyl (C=O) groups is 3. The van der Waals surface area contributed by atoms with Crippen molar-refractivity contribution in [1.29, 1.82) is 0 Å². The van der Waals surface area contributed by atoms with Crippen molar-refractivity contribution in [3.8, 4) is 0 Å². The summed E-state index contributed by atoms with van der Waals surface area (Å²) in [5.74, 6) is -1.79. The van der Waals surface area contributed by atoms with Gasteiger partial charge in [-0.2, -0.15) is 0 Å². The molecule has 0 radical (unpaired) electrons. The molecule has 0 aromatic rings. The van der Waals surface area contributed by atoms with Crippen LogP contribution in [-0.2, 0) is 9.59 Å². The van der Waals surface area contributed by atoms with Crippen LogP contribution in [0.5, 0.6) is 0 Å². The molecule has 1 spiro atoms. The Labute approximate surface area is 99.2 Å². The molecule has 0 aromatic carbocycles. The van der Waals surface area contributed by atoms with E-state index in [1.54, 1.807) is 7.05 Å². The molecule has 0 N–H and O–H groups in total. The first kappa shape index (κ1) is 11.9. The van der Waals surface area contributed by atoms with Gasteiger partial charge in [-0.05, 0) is 12.8 Å². The number of imide groups is 1. The molecule has 2 rings (SSSR count). The summed E-state index contributed by atoms with van der Waals surface area (Å²) in [6.45, 7) is -0.649. The van der Waals surface area contributed by atoms with Crippen LogP contribution in [0.25, 0.3) is 0 Å². The molecule has 0 unspecified atom stereocenters. The average Bonchev–Trinajstić information content (AvgIpc) is 2.47. The lowest BCUT2D eigenvalue weighted by Gasteiger charge is -2.35. The van der Waals surface area contributed by atoms with Crippen LogP contribution in [0.1, 0.15) is 32.1 Å². The summed E-state index contributed by atoms with van der Waals surface area (Å²) in [4.78, 5) is 36.8. The molecule has 17 heavy (non-hydrogen) atoms. The summed E-state index contributed by atoms with van der Waals surface area (Å²) >= 11 is 0. The van der Waals surface area contributed by atoms with Crippen LogP contribution >= 0.6 is 0 Å². The van der Waals surface area contributed by atoms with E-state index >= 15 is 0 Å². The summed E-state index contributed by atoms with van der Waals surface area (Å²) in [5.41, 5.74) is -0.801. The van der Waals surface area contributed by atoms with Crippen LogP contribution in [0, 0.1) is 0 Å². The quantitative estimate of drug-likeness (QED) is 0.599. The van der Waals surface area contributed by atoms with Crippen molar-refractivity contribution in [2.75, 3.05) is 13.6 Å². The Balaban J connectivity index is 2.27. The Morgan fingerprint density at radius 3 is 2.41 bits per heavy atom. The molecule has 0 aromatic heterocycles. The van der Waals surface area contributed by atoms with Crippen molar-refractivity contribution in [2.24, 2.45) is 0 Å². The number of likely N-dealkylation sites (N-methyl/N-ethyl adjacent to an activating group) is 1. The van der Waals surface area contributed by atoms with Gasteiger partial charge >= 0.3 is 6.03 Å². The van der Waals surface area contributed by atoms with Gasteiger partial charge in [0.15, 0.2) is 0 Å². The number of rotatable bonds is 2. The van der Waals surface area contributed by atoms with Gasteiger partial charge in [-0.1, -0.05) is 19.3 Å². The highest BCUT2D eigenvalue weighted by Gasteiger charge is 2.55. The van der Waals surface area contributed by atoms with E-state index in [0.717, 1.165) is 24.2 Å². The van der Waals surface area contributed by atoms with Crippen LogP contribution in [0.15, 0.2) is 0 Å². The average molecular weight is 239 g/mol. The highest BCUT2D eigenvalue weighted by Crippen LogP contribution is 2.39. The van der Waals surface area contributed by atoms with Crippen molar-refractivity contribution in [2.45, 2.75) is 37.6 Å². The molecular weight excluding hydrogens is 224 g/mol. The van der Waals surface area contributed by atoms with Crippen LogP contribution < -0.4 is 5.11 Å². The lowest BCUT2D eigenvalue weighted by Crippen LogP contribution is -2.49. The van der Waals surface area contributed by atoms with E-state index in [4.69, 9.17) is 0 Å². The maximum Gasteiger partial charge on any atom is 0.327 e. The molecule has 6 heteroatoms. The molecule has 1 heterocycles. The zero-order valence-corrected chi connectivity index (χ0v) is 9.77. The molecule has 0 atom stereocenters. The van der Waals surface area contributed by atoms with Crippen molar-refractivity contribution < 1.29 is 19.5 Å². The van der Waals surface area contributed by atoms with E-state index in [-0.39, 0.29) is 5.91 Å². The summed E-state index contributed by atoms with van der Waals surface area (Å²) in [7, 11) is 1.57. The van der Waals surface area contributed by atoms with Crippen LogP contribution in [0.4, 0.5) is 4.79 Å². The molecule has 94 valence electrons. The number of carboxylic acids is 1. The van der Waals surface area contributed by atoms with E-state index in [1.165, 1.54) is 4.90 Å². The first-order valence-corrected chi connectivity index (χ1v) is 5.79. The minimum atomic E-state index is -1.41. The number of urea groups is 1. The molecule has 6 nitrogen and oxygen atoms in total. The fraction of sp³-hybridized carbons (Fsp3) is 0.727. The maximum absolute atomic E-state index is 12.2. The second-order valence-corrected chi connectivity index (χ2v) is 4.70. The van der Waals surface area contributed by atoms with Crippen molar-refractivity contribution >= 4 is 17.9 Å². The predicted molar refractivity (Wildman–Crippen MR) is 55.7 cm³/mol. The number of carboxylic acid groups (broad SMARTS) is 1. The molecule has 2 fully saturated rings. The fourth-order valence-electron chi connectivity index (χ4n) is 2.80. The number of carbonyl (C=O) groups excluding carboxylic acids is 3. The molecule has 1 saturated heterocycles. The van der Waals surface area contributed by atoms with E-state index in [9.17, 15) is 19.5 Å². The third-order valence-corrected chi connectivity index (χ3v) is 3.77. The predicted octanol–water partition coefficient (Wildman–Crippen LogP) is -0.667. The lowest BCUT2D eigenvalue weighted by atomic mass is 9.81. The topological polar surface area (TPSA) is 80.8 Å². The van der Waals surface area contributed by atoms with E-state index in [2.05, 4.69) is 0 Å². The monoisotopic (exact) mass is 239 g/mol. The summed E-state index contributed by atoms with van der Waals surface area (Å²) in [6.07, 6.45) is 4.08. The molecule has 3 amide bonds. The smallest absolute Gasteiger partial charge is 0.327 e. The zero-order chi connectivity index (χ0) is 12.6. The number of amides is 3. The van der Waals surface area contributed by atoms with Crippen LogP contribution in [-0.4, -0.2) is 46.8 Å². The zero-order valence-electron chi connectivity index (χ0n) is 9.77. The van der Waals surface area contributed by atoms with Gasteiger partial charge in [-0.15, -0.1) is 0 Å². The van der Waals surface area contributed by atoms with Gasteiger partial charge in [-0.3, -0.25) is 9.69 Å². The first-order chi connectivity index (χ1) is 7.99. The van der Waals surface area contributed by atoms with Crippen molar-refractivity contribution in [1.82, 2.24) is 9.80 Å². The molecule has 1 aliphatic carbocycles. The van der Waals surface area contributed by atoms with Crippen molar-refractivity contribution in [3.05, 3.63) is 0 Å². The van der Waals surface area contributed by atoms with Crippen LogP contribution in [0.3, 0.4) is 0 Å². The molecule has 0 bridgehead atoms. The normalized spacial score (nSPS) is 23.6. The summed E-state index contributed by atoms with van der Waals surface area (Å²) in [6, 6.07) is -0.527. The van der Waals surface area contributed by atoms with Gasteiger partial charge in [0.1, 0.15) is 5.54 Å². The Kier molecular flexibility index (Phi) is 2.81. The number of hydrogen-bond donors (Lipinski definition) is 0. The molecular formula is C11H15N2O4-. The Bertz CT molecular complexity index is 374. The largest absolute Gasteiger partial charge is 0.548 e. The van der Waals surface area contributed by atoms with E-state index in [1.807, 2.05) is 0 Å². The highest BCUT2D eigenvalue weighted by atomic mass is 16.4. The Morgan fingerprint density at radius 2 is 1.88 bits per heavy atom. The SMILES string of the molecule is CN1C(=O)N(CC(=O)[O-])C(=O)C12CCCCC2. The van der Waals surface area contributed by atoms with E-state index < -0.39 is 24.1 Å². The second-order valence-electron chi connectivity index (χ2n) is 4.70. The van der Waals surface area contributed by atoms with Crippen LogP contribution in [0.2, 0.25) is 0 Å². The number of aliphatic carboxylic acids is 1. The molecule has 1 saturated carbocycles. The first-order valence-electron chi connectivity index (χ1n) is 5.79. The van der Waals surface area contributed by atoms with Gasteiger partial charge in [0, 0.05) is 7.05 Å². The molecule has 1 aliphatic heterocycles. The van der Waals surface area contributed by atoms with E-state index in [0.29, 0.717) is 12.8 Å². The number of hydrogen-bond acceptors (Lipinski definition) is 4. The van der Waals surface area contributed by atoms with Gasteiger partial charge in [-0.25, -0.2) is 4.79 Å². The minimum Gasteiger partial charge on any atom is -0.548 e.